The molecule has 2 aliphatic rings. The van der Waals surface area contributed by atoms with E-state index in [4.69, 9.17) is 0 Å². The largest absolute Gasteiger partial charge is 0.480 e. The Morgan fingerprint density at radius 1 is 1.17 bits per heavy atom. The summed E-state index contributed by atoms with van der Waals surface area (Å²) in [4.78, 5) is 47.9. The van der Waals surface area contributed by atoms with Crippen molar-refractivity contribution in [1.82, 2.24) is 15.5 Å². The van der Waals surface area contributed by atoms with Crippen LogP contribution in [0.3, 0.4) is 0 Å². The third kappa shape index (κ3) is 3.80. The highest BCUT2D eigenvalue weighted by Gasteiger charge is 2.44. The molecule has 8 nitrogen and oxygen atoms in total. The number of amides is 3. The summed E-state index contributed by atoms with van der Waals surface area (Å²) in [5.41, 5.74) is -1.21. The number of nitrogens with zero attached hydrogens (tertiary/aromatic N) is 1. The smallest absolute Gasteiger partial charge is 0.329 e. The van der Waals surface area contributed by atoms with Crippen molar-refractivity contribution >= 4 is 24.2 Å². The van der Waals surface area contributed by atoms with E-state index in [2.05, 4.69) is 10.6 Å². The van der Waals surface area contributed by atoms with Crippen molar-refractivity contribution in [3.8, 4) is 0 Å². The minimum atomic E-state index is -1.21. The second kappa shape index (κ2) is 7.43. The van der Waals surface area contributed by atoms with E-state index in [1.165, 1.54) is 4.90 Å². The van der Waals surface area contributed by atoms with E-state index >= 15 is 0 Å². The molecule has 2 rings (SSSR count). The van der Waals surface area contributed by atoms with Gasteiger partial charge in [-0.25, -0.2) is 4.79 Å². The first-order chi connectivity index (χ1) is 11.0. The van der Waals surface area contributed by atoms with E-state index in [9.17, 15) is 24.3 Å². The van der Waals surface area contributed by atoms with Crippen LogP contribution in [0.4, 0.5) is 0 Å². The van der Waals surface area contributed by atoms with Crippen molar-refractivity contribution < 1.29 is 24.3 Å². The fourth-order valence-electron chi connectivity index (χ4n) is 3.44. The van der Waals surface area contributed by atoms with Crippen LogP contribution in [0.1, 0.15) is 44.9 Å². The molecule has 8 heteroatoms. The number of aliphatic carboxylic acids is 1. The van der Waals surface area contributed by atoms with Crippen LogP contribution in [0.5, 0.6) is 0 Å². The first kappa shape index (κ1) is 17.2. The normalized spacial score (nSPS) is 23.1. The summed E-state index contributed by atoms with van der Waals surface area (Å²) in [5.74, 6) is -1.75. The molecule has 1 aliphatic heterocycles. The molecule has 1 unspecified atom stereocenters. The molecule has 0 aromatic carbocycles. The Bertz CT molecular complexity index is 488. The van der Waals surface area contributed by atoms with Gasteiger partial charge in [-0.15, -0.1) is 0 Å². The second-order valence-corrected chi connectivity index (χ2v) is 6.18. The fourth-order valence-corrected chi connectivity index (χ4v) is 3.44. The fraction of sp³-hybridized carbons (Fsp3) is 0.733. The Labute approximate surface area is 134 Å². The topological polar surface area (TPSA) is 116 Å². The number of likely N-dealkylation sites (tertiary alicyclic amines) is 1. The maximum atomic E-state index is 12.6. The third-order valence-electron chi connectivity index (χ3n) is 4.69. The molecule has 3 amide bonds. The molecule has 1 heterocycles. The summed E-state index contributed by atoms with van der Waals surface area (Å²) in [6.07, 6.45) is 4.97. The Kier molecular flexibility index (Phi) is 5.57. The predicted molar refractivity (Wildman–Crippen MR) is 80.4 cm³/mol. The molecule has 1 saturated carbocycles. The molecule has 0 bridgehead atoms. The van der Waals surface area contributed by atoms with Gasteiger partial charge in [0, 0.05) is 6.54 Å². The SMILES string of the molecule is O=CNCC(=O)N1CCCC1C(=O)NC1(C(=O)O)CCCCC1. The standard InChI is InChI=1S/C15H23N3O5/c19-10-16-9-12(20)18-8-4-5-11(18)13(21)17-15(14(22)23)6-2-1-3-7-15/h10-11H,1-9H2,(H,16,19)(H,17,21)(H,22,23). The van der Waals surface area contributed by atoms with E-state index in [1.807, 2.05) is 0 Å². The predicted octanol–water partition coefficient (Wildman–Crippen LogP) is -0.373. The van der Waals surface area contributed by atoms with Gasteiger partial charge in [0.2, 0.25) is 18.2 Å². The number of nitrogens with one attached hydrogen (secondary N) is 2. The highest BCUT2D eigenvalue weighted by atomic mass is 16.4. The van der Waals surface area contributed by atoms with Crippen LogP contribution in [0.15, 0.2) is 0 Å². The van der Waals surface area contributed by atoms with Gasteiger partial charge in [0.25, 0.3) is 0 Å². The van der Waals surface area contributed by atoms with E-state index in [1.54, 1.807) is 0 Å². The summed E-state index contributed by atoms with van der Waals surface area (Å²) >= 11 is 0. The van der Waals surface area contributed by atoms with Crippen LogP contribution < -0.4 is 10.6 Å². The quantitative estimate of drug-likeness (QED) is 0.576. The maximum Gasteiger partial charge on any atom is 0.329 e. The molecule has 1 saturated heterocycles. The third-order valence-corrected chi connectivity index (χ3v) is 4.69. The van der Waals surface area contributed by atoms with Gasteiger partial charge >= 0.3 is 5.97 Å². The number of carboxylic acids is 1. The second-order valence-electron chi connectivity index (χ2n) is 6.18. The average molecular weight is 325 g/mol. The van der Waals surface area contributed by atoms with Crippen molar-refractivity contribution in [2.45, 2.75) is 56.5 Å². The molecule has 0 spiro atoms. The number of rotatable bonds is 6. The van der Waals surface area contributed by atoms with Crippen LogP contribution in [0.25, 0.3) is 0 Å². The van der Waals surface area contributed by atoms with Crippen molar-refractivity contribution in [2.75, 3.05) is 13.1 Å². The molecule has 0 aromatic heterocycles. The molecule has 128 valence electrons. The van der Waals surface area contributed by atoms with Crippen LogP contribution in [-0.4, -0.2) is 58.9 Å². The lowest BCUT2D eigenvalue weighted by molar-refractivity contribution is -0.150. The molecule has 23 heavy (non-hydrogen) atoms. The van der Waals surface area contributed by atoms with E-state index < -0.39 is 23.5 Å². The van der Waals surface area contributed by atoms with Crippen LogP contribution in [0, 0.1) is 0 Å². The lowest BCUT2D eigenvalue weighted by Gasteiger charge is -2.36. The number of carbonyl (C=O) groups excluding carboxylic acids is 3. The highest BCUT2D eigenvalue weighted by Crippen LogP contribution is 2.29. The van der Waals surface area contributed by atoms with Gasteiger partial charge in [-0.2, -0.15) is 0 Å². The maximum absolute atomic E-state index is 12.6. The summed E-state index contributed by atoms with van der Waals surface area (Å²) in [6, 6.07) is -0.658. The van der Waals surface area contributed by atoms with Crippen LogP contribution in [0.2, 0.25) is 0 Å². The Balaban J connectivity index is 2.04. The molecule has 3 N–H and O–H groups in total. The Morgan fingerprint density at radius 2 is 1.87 bits per heavy atom. The summed E-state index contributed by atoms with van der Waals surface area (Å²) in [5, 5.41) is 14.5. The molecule has 0 radical (unpaired) electrons. The zero-order chi connectivity index (χ0) is 16.9. The highest BCUT2D eigenvalue weighted by molar-refractivity contribution is 5.93. The minimum absolute atomic E-state index is 0.155. The molecule has 1 aliphatic carbocycles. The lowest BCUT2D eigenvalue weighted by Crippen LogP contribution is -2.60. The first-order valence-corrected chi connectivity index (χ1v) is 8.02. The molecular formula is C15H23N3O5. The number of hydrogen-bond acceptors (Lipinski definition) is 4. The van der Waals surface area contributed by atoms with Gasteiger partial charge in [-0.3, -0.25) is 14.4 Å². The minimum Gasteiger partial charge on any atom is -0.480 e. The zero-order valence-electron chi connectivity index (χ0n) is 13.0. The molecular weight excluding hydrogens is 302 g/mol. The lowest BCUT2D eigenvalue weighted by atomic mass is 9.81. The summed E-state index contributed by atoms with van der Waals surface area (Å²) in [7, 11) is 0. The molecule has 1 atom stereocenters. The monoisotopic (exact) mass is 325 g/mol. The van der Waals surface area contributed by atoms with Gasteiger partial charge in [-0.05, 0) is 25.7 Å². The summed E-state index contributed by atoms with van der Waals surface area (Å²) < 4.78 is 0. The molecule has 2 fully saturated rings. The average Bonchev–Trinajstić information content (AvgIpc) is 3.03. The van der Waals surface area contributed by atoms with Gasteiger partial charge in [0.15, 0.2) is 0 Å². The van der Waals surface area contributed by atoms with Crippen molar-refractivity contribution in [2.24, 2.45) is 0 Å². The van der Waals surface area contributed by atoms with Gasteiger partial charge in [0.05, 0.1) is 6.54 Å². The summed E-state index contributed by atoms with van der Waals surface area (Å²) in [6.45, 7) is 0.287. The zero-order valence-corrected chi connectivity index (χ0v) is 13.0. The van der Waals surface area contributed by atoms with E-state index in [0.717, 1.165) is 19.3 Å². The van der Waals surface area contributed by atoms with Crippen molar-refractivity contribution in [3.05, 3.63) is 0 Å². The number of carboxylic acid groups (broad SMARTS) is 1. The Morgan fingerprint density at radius 3 is 2.48 bits per heavy atom. The van der Waals surface area contributed by atoms with Gasteiger partial charge in [-0.1, -0.05) is 19.3 Å². The van der Waals surface area contributed by atoms with Crippen molar-refractivity contribution in [1.29, 1.82) is 0 Å². The van der Waals surface area contributed by atoms with Crippen LogP contribution in [-0.2, 0) is 19.2 Å². The first-order valence-electron chi connectivity index (χ1n) is 8.02. The Hall–Kier alpha value is -2.12. The van der Waals surface area contributed by atoms with Gasteiger partial charge < -0.3 is 20.6 Å². The van der Waals surface area contributed by atoms with E-state index in [0.29, 0.717) is 38.6 Å². The van der Waals surface area contributed by atoms with Gasteiger partial charge in [0.1, 0.15) is 11.6 Å². The van der Waals surface area contributed by atoms with E-state index in [-0.39, 0.29) is 12.5 Å². The van der Waals surface area contributed by atoms with Crippen molar-refractivity contribution in [3.63, 3.8) is 0 Å². The molecule has 0 aromatic rings. The number of carbonyl (C=O) groups is 4. The number of hydrogen-bond donors (Lipinski definition) is 3. The van der Waals surface area contributed by atoms with Crippen LogP contribution >= 0.6 is 0 Å².